The Morgan fingerprint density at radius 1 is 0.649 bits per heavy atom. The molecule has 4 aliphatic heterocycles. The average molecular weight is 1150 g/mol. The van der Waals surface area contributed by atoms with E-state index in [2.05, 4.69) is 41.0 Å². The van der Waals surface area contributed by atoms with E-state index in [0.717, 1.165) is 60.5 Å². The van der Waals surface area contributed by atoms with Gasteiger partial charge in [-0.25, -0.2) is 31.2 Å². The molecule has 7 aromatic rings. The number of piperazine rings is 1. The fourth-order valence-electron chi connectivity index (χ4n) is 10.1. The van der Waals surface area contributed by atoms with Crippen LogP contribution >= 0.6 is 57.5 Å². The number of thiazole rings is 2. The number of nitrogens with zero attached hydrogens (tertiary/aromatic N) is 7. The van der Waals surface area contributed by atoms with Crippen LogP contribution in [0.4, 0.5) is 37.4 Å². The van der Waals surface area contributed by atoms with Gasteiger partial charge in [0.2, 0.25) is 11.8 Å². The fourth-order valence-corrected chi connectivity index (χ4v) is 14.3. The number of fused-ring (bicyclic) bond motifs is 1. The predicted molar refractivity (Wildman–Crippen MR) is 304 cm³/mol. The van der Waals surface area contributed by atoms with Crippen LogP contribution in [0, 0.1) is 5.82 Å². The smallest absolute Gasteiger partial charge is 0.263 e. The highest BCUT2D eigenvalue weighted by Crippen LogP contribution is 2.40. The second-order valence-electron chi connectivity index (χ2n) is 18.0. The molecular formula is C51H57Cl3FN9O6S4. The van der Waals surface area contributed by atoms with Crippen molar-refractivity contribution < 1.29 is 37.9 Å². The molecule has 0 aliphatic carbocycles. The van der Waals surface area contributed by atoms with E-state index in [0.29, 0.717) is 57.7 Å². The van der Waals surface area contributed by atoms with E-state index in [4.69, 9.17) is 34.8 Å². The van der Waals surface area contributed by atoms with Gasteiger partial charge in [-0.3, -0.25) is 23.9 Å². The van der Waals surface area contributed by atoms with E-state index >= 15 is 0 Å². The van der Waals surface area contributed by atoms with Crippen molar-refractivity contribution in [2.75, 3.05) is 68.3 Å². The highest BCUT2D eigenvalue weighted by molar-refractivity contribution is 7.93. The van der Waals surface area contributed by atoms with Gasteiger partial charge >= 0.3 is 0 Å². The molecule has 0 unspecified atom stereocenters. The first kappa shape index (κ1) is 51.6. The lowest BCUT2D eigenvalue weighted by atomic mass is 9.98. The van der Waals surface area contributed by atoms with Crippen LogP contribution < -0.4 is 29.0 Å². The minimum atomic E-state index is -3.77. The molecule has 394 valence electrons. The molecule has 3 atom stereocenters. The Hall–Kier alpha value is -5.84. The largest absolute Gasteiger partial charge is 0.366 e. The van der Waals surface area contributed by atoms with Crippen molar-refractivity contribution in [1.82, 2.24) is 14.9 Å². The quantitative estimate of drug-likeness (QED) is 0.119. The predicted octanol–water partition coefficient (Wildman–Crippen LogP) is 11.4. The van der Waals surface area contributed by atoms with Crippen molar-refractivity contribution in [2.24, 2.45) is 0 Å². The molecule has 0 radical (unpaired) electrons. The summed E-state index contributed by atoms with van der Waals surface area (Å²) in [7, 11) is -7.51. The summed E-state index contributed by atoms with van der Waals surface area (Å²) in [5, 5.41) is 5.28. The van der Waals surface area contributed by atoms with Crippen LogP contribution in [0.2, 0.25) is 15.1 Å². The highest BCUT2D eigenvalue weighted by Gasteiger charge is 2.41. The molecule has 6 heterocycles. The molecule has 0 spiro atoms. The number of carbonyl (C=O) groups is 2. The number of anilines is 6. The zero-order chi connectivity index (χ0) is 51.9. The molecule has 5 aromatic carbocycles. The molecule has 0 bridgehead atoms. The van der Waals surface area contributed by atoms with Crippen LogP contribution in [0.15, 0.2) is 136 Å². The zero-order valence-corrected chi connectivity index (χ0v) is 45.0. The summed E-state index contributed by atoms with van der Waals surface area (Å²) in [6.45, 7) is 6.21. The number of sulfonamides is 2. The number of carbonyl (C=O) groups excluding carboxylic acids is 2. The van der Waals surface area contributed by atoms with E-state index in [-0.39, 0.29) is 51.9 Å². The Morgan fingerprint density at radius 3 is 1.76 bits per heavy atom. The van der Waals surface area contributed by atoms with Gasteiger partial charge in [0.1, 0.15) is 11.9 Å². The van der Waals surface area contributed by atoms with Crippen LogP contribution in [0.3, 0.4) is 0 Å². The first-order valence-corrected chi connectivity index (χ1v) is 29.4. The third kappa shape index (κ3) is 10.8. The van der Waals surface area contributed by atoms with Crippen LogP contribution in [0.5, 0.6) is 0 Å². The van der Waals surface area contributed by atoms with Gasteiger partial charge in [0.05, 0.1) is 20.9 Å². The van der Waals surface area contributed by atoms with Crippen LogP contribution in [-0.2, 0) is 36.1 Å². The molecule has 3 saturated heterocycles. The first-order chi connectivity index (χ1) is 35.5. The molecule has 2 N–H and O–H groups in total. The number of hydrogen-bond acceptors (Lipinski definition) is 13. The Kier molecular flexibility index (Phi) is 14.9. The zero-order valence-electron chi connectivity index (χ0n) is 39.4. The highest BCUT2D eigenvalue weighted by atomic mass is 35.5. The SMILES string of the molecule is C[C@H]1CN([C@H]2CCN(c3ccc(S(=O)(=O)Nc4nccs4)cc3)C2=O)CCN1c1cc(Cl)cc(Cl)c1.O=C1[C@@H](N2CCc3c(-c4ccc(F)c(Cl)c4)cccc32)CCN1c1ccc(S(=O)(=O)Nc2nccs2)cc1.[HH].[HH].[HH].[HH].[HH]. The van der Waals surface area contributed by atoms with Gasteiger partial charge in [-0.15, -0.1) is 22.7 Å². The maximum absolute atomic E-state index is 13.7. The number of nitrogens with one attached hydrogen (secondary N) is 2. The van der Waals surface area contributed by atoms with Crippen molar-refractivity contribution in [2.45, 2.75) is 54.1 Å². The first-order valence-electron chi connectivity index (χ1n) is 23.5. The molecular weight excluding hydrogens is 1090 g/mol. The topological polar surface area (TPSA) is 168 Å². The van der Waals surface area contributed by atoms with Crippen molar-refractivity contribution in [1.29, 1.82) is 0 Å². The van der Waals surface area contributed by atoms with Crippen molar-refractivity contribution >= 4 is 122 Å². The van der Waals surface area contributed by atoms with Gasteiger partial charge in [-0.2, -0.15) is 0 Å². The third-order valence-electron chi connectivity index (χ3n) is 13.5. The van der Waals surface area contributed by atoms with Gasteiger partial charge in [-0.1, -0.05) is 53.0 Å². The second kappa shape index (κ2) is 21.4. The lowest BCUT2D eigenvalue weighted by Crippen LogP contribution is -2.56. The Balaban J connectivity index is 0.000000274. The Bertz CT molecular complexity index is 3440. The van der Waals surface area contributed by atoms with Gasteiger partial charge in [0, 0.05) is 108 Å². The van der Waals surface area contributed by atoms with Gasteiger partial charge in [0.15, 0.2) is 10.3 Å². The number of aromatic nitrogens is 2. The maximum atomic E-state index is 13.7. The monoisotopic (exact) mass is 1140 g/mol. The summed E-state index contributed by atoms with van der Waals surface area (Å²) in [6, 6.07) is 28.6. The summed E-state index contributed by atoms with van der Waals surface area (Å²) in [5.41, 5.74) is 6.27. The maximum Gasteiger partial charge on any atom is 0.263 e. The second-order valence-corrected chi connectivity index (χ2v) is 24.4. The van der Waals surface area contributed by atoms with Crippen molar-refractivity contribution in [3.63, 3.8) is 0 Å². The molecule has 2 aromatic heterocycles. The summed E-state index contributed by atoms with van der Waals surface area (Å²) in [5.74, 6) is -0.440. The van der Waals surface area contributed by atoms with Gasteiger partial charge in [-0.05, 0) is 128 Å². The van der Waals surface area contributed by atoms with E-state index in [1.807, 2.05) is 30.3 Å². The summed E-state index contributed by atoms with van der Waals surface area (Å²) in [6.07, 6.45) is 5.20. The lowest BCUT2D eigenvalue weighted by Gasteiger charge is -2.43. The van der Waals surface area contributed by atoms with Gasteiger partial charge in [0.25, 0.3) is 20.0 Å². The third-order valence-corrected chi connectivity index (χ3v) is 18.6. The number of amides is 2. The van der Waals surface area contributed by atoms with E-state index in [9.17, 15) is 30.8 Å². The number of benzene rings is 5. The summed E-state index contributed by atoms with van der Waals surface area (Å²) < 4.78 is 69.1. The van der Waals surface area contributed by atoms with E-state index in [1.54, 1.807) is 63.0 Å². The molecule has 4 aliphatic rings. The molecule has 2 amide bonds. The van der Waals surface area contributed by atoms with Gasteiger partial charge < -0.3 is 19.6 Å². The Labute approximate surface area is 458 Å². The number of halogens is 4. The van der Waals surface area contributed by atoms with Crippen LogP contribution in [-0.4, -0.2) is 101 Å². The molecule has 11 rings (SSSR count). The molecule has 74 heavy (non-hydrogen) atoms. The molecule has 0 saturated carbocycles. The number of rotatable bonds is 12. The molecule has 15 nitrogen and oxygen atoms in total. The van der Waals surface area contributed by atoms with Crippen LogP contribution in [0.25, 0.3) is 11.1 Å². The van der Waals surface area contributed by atoms with Crippen LogP contribution in [0.1, 0.15) is 32.5 Å². The average Bonchev–Trinajstić information content (AvgIpc) is 4.29. The minimum absolute atomic E-state index is 0. The normalized spacial score (nSPS) is 19.2. The molecule has 23 heteroatoms. The number of hydrogen-bond donors (Lipinski definition) is 2. The van der Waals surface area contributed by atoms with Crippen molar-refractivity contribution in [3.05, 3.63) is 153 Å². The van der Waals surface area contributed by atoms with E-state index in [1.165, 1.54) is 65.4 Å². The van der Waals surface area contributed by atoms with E-state index < -0.39 is 25.9 Å². The summed E-state index contributed by atoms with van der Waals surface area (Å²) in [4.78, 5) is 45.1. The minimum Gasteiger partial charge on any atom is -0.366 e. The fraction of sp³-hybridized carbons (Fsp3) is 0.255. The standard InChI is InChI=1S/C27H22ClFN4O3S2.C24H25Cl2N5O3S2.5H2/c28-22-16-17(4-9-23(22)29)20-2-1-3-24-21(20)10-13-33(24)25-11-14-32(26(25)34)18-5-7-19(8-6-18)38(35,36)31-27-30-12-15-37-27;1-16-15-29(9-10-30(16)20-13-17(25)12-18(26)14-20)22-6-8-31(23(22)32)19-2-4-21(5-3-19)36(33,34)28-24-27-7-11-35-24;;;;;/h1-9,12,15-16,25H,10-11,13-14H2,(H,30,31);2-5,7,11-14,16,22H,6,8-10,15H2,1H3,(H,27,28);5*1H/t25-;16-,22-;;;;;/m00...../s1. The van der Waals surface area contributed by atoms with Crippen molar-refractivity contribution in [3.8, 4) is 11.1 Å². The summed E-state index contributed by atoms with van der Waals surface area (Å²) >= 11 is 20.8. The molecule has 3 fully saturated rings. The lowest BCUT2D eigenvalue weighted by molar-refractivity contribution is -0.122. The Morgan fingerprint density at radius 2 is 1.22 bits per heavy atom.